The maximum absolute atomic E-state index is 8.92. The van der Waals surface area contributed by atoms with Gasteiger partial charge in [-0.2, -0.15) is 10.5 Å². The first-order chi connectivity index (χ1) is 8.30. The number of nitrogens with zero attached hydrogens (tertiary/aromatic N) is 3. The van der Waals surface area contributed by atoms with E-state index in [1.165, 1.54) is 0 Å². The van der Waals surface area contributed by atoms with Gasteiger partial charge < -0.3 is 4.74 Å². The molecule has 1 aliphatic rings. The summed E-state index contributed by atoms with van der Waals surface area (Å²) in [4.78, 5) is 2.20. The van der Waals surface area contributed by atoms with Crippen molar-refractivity contribution < 1.29 is 4.74 Å². The second kappa shape index (κ2) is 4.86. The molecule has 1 atom stereocenters. The van der Waals surface area contributed by atoms with Crippen LogP contribution in [0.5, 0.6) is 5.75 Å². The van der Waals surface area contributed by atoms with Crippen molar-refractivity contribution in [3.8, 4) is 17.9 Å². The average molecular weight is 227 g/mol. The predicted molar refractivity (Wildman–Crippen MR) is 62.3 cm³/mol. The Morgan fingerprint density at radius 3 is 2.71 bits per heavy atom. The maximum atomic E-state index is 8.92. The first-order valence-corrected chi connectivity index (χ1v) is 5.49. The van der Waals surface area contributed by atoms with Gasteiger partial charge in [0.25, 0.3) is 0 Å². The fourth-order valence-corrected chi connectivity index (χ4v) is 1.96. The normalized spacial score (nSPS) is 15.7. The fraction of sp³-hybridized carbons (Fsp3) is 0.385. The predicted octanol–water partition coefficient (Wildman–Crippen LogP) is 1.84. The van der Waals surface area contributed by atoms with Gasteiger partial charge >= 0.3 is 0 Å². The molecule has 0 aromatic heterocycles. The van der Waals surface area contributed by atoms with E-state index in [1.54, 1.807) is 19.2 Å². The Kier molecular flexibility index (Phi) is 3.27. The van der Waals surface area contributed by atoms with Crippen molar-refractivity contribution >= 4 is 0 Å². The summed E-state index contributed by atoms with van der Waals surface area (Å²) in [6, 6.07) is 9.70. The summed E-state index contributed by atoms with van der Waals surface area (Å²) in [5.41, 5.74) is 1.54. The smallest absolute Gasteiger partial charge is 0.123 e. The van der Waals surface area contributed by atoms with E-state index in [9.17, 15) is 0 Å². The molecule has 1 saturated heterocycles. The van der Waals surface area contributed by atoms with Crippen LogP contribution < -0.4 is 4.74 Å². The van der Waals surface area contributed by atoms with Crippen molar-refractivity contribution in [2.24, 2.45) is 0 Å². The molecule has 1 aromatic carbocycles. The average Bonchev–Trinajstić information content (AvgIpc) is 3.19. The molecule has 2 rings (SSSR count). The van der Waals surface area contributed by atoms with Crippen LogP contribution in [-0.4, -0.2) is 25.1 Å². The summed E-state index contributed by atoms with van der Waals surface area (Å²) < 4.78 is 5.30. The highest BCUT2D eigenvalue weighted by atomic mass is 16.5. The van der Waals surface area contributed by atoms with Crippen LogP contribution in [0.15, 0.2) is 18.2 Å². The molecule has 0 aliphatic carbocycles. The van der Waals surface area contributed by atoms with Crippen LogP contribution in [0.3, 0.4) is 0 Å². The lowest BCUT2D eigenvalue weighted by Gasteiger charge is -2.18. The second-order valence-electron chi connectivity index (χ2n) is 3.98. The van der Waals surface area contributed by atoms with E-state index in [4.69, 9.17) is 15.3 Å². The van der Waals surface area contributed by atoms with Gasteiger partial charge in [0.05, 0.1) is 37.3 Å². The highest BCUT2D eigenvalue weighted by Gasteiger charge is 2.30. The summed E-state index contributed by atoms with van der Waals surface area (Å²) in [7, 11) is 1.61. The number of nitriles is 2. The lowest BCUT2D eigenvalue weighted by Crippen LogP contribution is -2.10. The Hall–Kier alpha value is -2.04. The molecule has 0 bridgehead atoms. The van der Waals surface area contributed by atoms with Gasteiger partial charge in [-0.1, -0.05) is 0 Å². The van der Waals surface area contributed by atoms with Crippen molar-refractivity contribution in [1.82, 2.24) is 4.90 Å². The fourth-order valence-electron chi connectivity index (χ4n) is 1.96. The topological polar surface area (TPSA) is 59.8 Å². The Morgan fingerprint density at radius 2 is 2.18 bits per heavy atom. The SMILES string of the molecule is COc1ccc(C#N)cc1C(CC#N)N1CC1. The summed E-state index contributed by atoms with van der Waals surface area (Å²) >= 11 is 0. The largest absolute Gasteiger partial charge is 0.496 e. The van der Waals surface area contributed by atoms with Crippen LogP contribution >= 0.6 is 0 Å². The number of methoxy groups -OCH3 is 1. The molecule has 1 unspecified atom stereocenters. The molecular weight excluding hydrogens is 214 g/mol. The number of hydrogen-bond acceptors (Lipinski definition) is 4. The van der Waals surface area contributed by atoms with E-state index in [0.717, 1.165) is 24.4 Å². The number of benzene rings is 1. The van der Waals surface area contributed by atoms with Crippen molar-refractivity contribution in [1.29, 1.82) is 10.5 Å². The summed E-state index contributed by atoms with van der Waals surface area (Å²) in [6.07, 6.45) is 0.422. The first-order valence-electron chi connectivity index (χ1n) is 5.49. The van der Waals surface area contributed by atoms with Crippen LogP contribution in [0.1, 0.15) is 23.6 Å². The Bertz CT molecular complexity index is 494. The number of rotatable bonds is 4. The molecular formula is C13H13N3O. The maximum Gasteiger partial charge on any atom is 0.123 e. The highest BCUT2D eigenvalue weighted by Crippen LogP contribution is 2.35. The molecule has 86 valence electrons. The highest BCUT2D eigenvalue weighted by molar-refractivity contribution is 5.44. The molecule has 1 aromatic rings. The third kappa shape index (κ3) is 2.38. The van der Waals surface area contributed by atoms with Gasteiger partial charge in [-0.3, -0.25) is 4.90 Å². The second-order valence-corrected chi connectivity index (χ2v) is 3.98. The summed E-state index contributed by atoms with van der Waals surface area (Å²) in [5.74, 6) is 0.746. The quantitative estimate of drug-likeness (QED) is 0.736. The van der Waals surface area contributed by atoms with Crippen molar-refractivity contribution in [3.05, 3.63) is 29.3 Å². The molecule has 1 aliphatic heterocycles. The Balaban J connectivity index is 2.39. The zero-order valence-corrected chi connectivity index (χ0v) is 9.68. The summed E-state index contributed by atoms with van der Waals surface area (Å²) in [5, 5.41) is 17.8. The van der Waals surface area contributed by atoms with E-state index in [2.05, 4.69) is 17.0 Å². The minimum Gasteiger partial charge on any atom is -0.496 e. The minimum atomic E-state index is 0.0447. The van der Waals surface area contributed by atoms with Crippen LogP contribution in [0.25, 0.3) is 0 Å². The van der Waals surface area contributed by atoms with E-state index in [-0.39, 0.29) is 6.04 Å². The molecule has 4 nitrogen and oxygen atoms in total. The van der Waals surface area contributed by atoms with Crippen LogP contribution in [0.2, 0.25) is 0 Å². The Labute approximate surface area is 101 Å². The van der Waals surface area contributed by atoms with Gasteiger partial charge in [0.2, 0.25) is 0 Å². The van der Waals surface area contributed by atoms with Gasteiger partial charge in [0, 0.05) is 18.7 Å². The molecule has 1 heterocycles. The van der Waals surface area contributed by atoms with Crippen molar-refractivity contribution in [2.45, 2.75) is 12.5 Å². The van der Waals surface area contributed by atoms with Gasteiger partial charge in [-0.15, -0.1) is 0 Å². The van der Waals surface area contributed by atoms with Gasteiger partial charge in [0.1, 0.15) is 5.75 Å². The molecule has 17 heavy (non-hydrogen) atoms. The van der Waals surface area contributed by atoms with Crippen LogP contribution in [0.4, 0.5) is 0 Å². The third-order valence-corrected chi connectivity index (χ3v) is 2.93. The lowest BCUT2D eigenvalue weighted by molar-refractivity contribution is 0.371. The molecule has 0 amide bonds. The van der Waals surface area contributed by atoms with Crippen molar-refractivity contribution in [3.63, 3.8) is 0 Å². The standard InChI is InChI=1S/C13H13N3O/c1-17-13-3-2-10(9-15)8-11(13)12(4-5-14)16-6-7-16/h2-3,8,12H,4,6-7H2,1H3. The minimum absolute atomic E-state index is 0.0447. The summed E-state index contributed by atoms with van der Waals surface area (Å²) in [6.45, 7) is 2.01. The third-order valence-electron chi connectivity index (χ3n) is 2.93. The van der Waals surface area contributed by atoms with Gasteiger partial charge in [-0.25, -0.2) is 0 Å². The lowest BCUT2D eigenvalue weighted by atomic mass is 10.0. The zero-order chi connectivity index (χ0) is 12.3. The Morgan fingerprint density at radius 1 is 1.41 bits per heavy atom. The van der Waals surface area contributed by atoms with Gasteiger partial charge in [0.15, 0.2) is 0 Å². The molecule has 0 radical (unpaired) electrons. The molecule has 1 fully saturated rings. The van der Waals surface area contributed by atoms with Crippen LogP contribution in [-0.2, 0) is 0 Å². The van der Waals surface area contributed by atoms with Crippen LogP contribution in [0, 0.1) is 22.7 Å². The van der Waals surface area contributed by atoms with E-state index in [0.29, 0.717) is 12.0 Å². The van der Waals surface area contributed by atoms with E-state index >= 15 is 0 Å². The van der Waals surface area contributed by atoms with E-state index in [1.807, 2.05) is 6.07 Å². The van der Waals surface area contributed by atoms with Crippen molar-refractivity contribution in [2.75, 3.05) is 20.2 Å². The zero-order valence-electron chi connectivity index (χ0n) is 9.68. The van der Waals surface area contributed by atoms with E-state index < -0.39 is 0 Å². The molecule has 4 heteroatoms. The molecule has 0 saturated carbocycles. The number of hydrogen-bond donors (Lipinski definition) is 0. The monoisotopic (exact) mass is 227 g/mol. The molecule has 0 spiro atoms. The molecule has 0 N–H and O–H groups in total. The number of ether oxygens (including phenoxy) is 1. The van der Waals surface area contributed by atoms with Gasteiger partial charge in [-0.05, 0) is 18.2 Å². The first kappa shape index (κ1) is 11.4.